The van der Waals surface area contributed by atoms with Crippen molar-refractivity contribution in [1.82, 2.24) is 4.98 Å². The number of amides is 1. The summed E-state index contributed by atoms with van der Waals surface area (Å²) in [6, 6.07) is 8.28. The van der Waals surface area contributed by atoms with E-state index in [9.17, 15) is 35.9 Å². The van der Waals surface area contributed by atoms with Gasteiger partial charge in [0.2, 0.25) is 5.91 Å². The van der Waals surface area contributed by atoms with Crippen molar-refractivity contribution in [3.05, 3.63) is 82.9 Å². The number of anilines is 2. The molecule has 3 rings (SSSR count). The van der Waals surface area contributed by atoms with Gasteiger partial charge in [-0.05, 0) is 49.4 Å². The summed E-state index contributed by atoms with van der Waals surface area (Å²) in [5, 5.41) is 4.85. The van der Waals surface area contributed by atoms with Crippen molar-refractivity contribution >= 4 is 35.3 Å². The number of thioether (sulfide) groups is 1. The number of hydrogen-bond acceptors (Lipinski definition) is 5. The molecule has 3 aromatic rings. The molecule has 2 aromatic carbocycles. The third-order valence-electron chi connectivity index (χ3n) is 5.33. The van der Waals surface area contributed by atoms with E-state index in [4.69, 9.17) is 0 Å². The van der Waals surface area contributed by atoms with Crippen LogP contribution in [0.4, 0.5) is 37.7 Å². The Kier molecular flexibility index (Phi) is 11.0. The van der Waals surface area contributed by atoms with Gasteiger partial charge in [0, 0.05) is 47.1 Å². The molecule has 0 radical (unpaired) electrons. The first-order chi connectivity index (χ1) is 18.2. The molecule has 0 unspecified atom stereocenters. The smallest absolute Gasteiger partial charge is 0.386 e. The van der Waals surface area contributed by atoms with E-state index in [1.54, 1.807) is 24.0 Å². The lowest BCUT2D eigenvalue weighted by atomic mass is 9.82. The van der Waals surface area contributed by atoms with Crippen molar-refractivity contribution in [2.45, 2.75) is 43.7 Å². The summed E-state index contributed by atoms with van der Waals surface area (Å²) in [5.74, 6) is -2.61. The zero-order valence-corrected chi connectivity index (χ0v) is 22.4. The standard InChI is InChI=1S/C20H21F3N2O2S.C7H6F3N/c1-4-28-15-7-5-13(24-11-15)10-18(27)25-14-6-8-16(19(2,3)12-26)17(9-14)20(21,22)23;1-11-7-3-5(9)4(8)2-6(7)10/h5-9,11-12H,4,10H2,1-3H3,(H,25,27);2-3,11H,1H3. The minimum atomic E-state index is -4.65. The van der Waals surface area contributed by atoms with E-state index in [1.165, 1.54) is 33.0 Å². The molecule has 0 bridgehead atoms. The van der Waals surface area contributed by atoms with E-state index in [1.807, 2.05) is 13.0 Å². The predicted octanol–water partition coefficient (Wildman–Crippen LogP) is 7.02. The zero-order valence-electron chi connectivity index (χ0n) is 21.6. The van der Waals surface area contributed by atoms with Crippen molar-refractivity contribution < 1.29 is 35.9 Å². The fourth-order valence-corrected chi connectivity index (χ4v) is 3.96. The highest BCUT2D eigenvalue weighted by Crippen LogP contribution is 2.38. The van der Waals surface area contributed by atoms with Gasteiger partial charge in [0.1, 0.15) is 12.1 Å². The third kappa shape index (κ3) is 9.02. The van der Waals surface area contributed by atoms with Gasteiger partial charge in [-0.25, -0.2) is 13.2 Å². The van der Waals surface area contributed by atoms with Gasteiger partial charge in [-0.3, -0.25) is 9.78 Å². The largest absolute Gasteiger partial charge is 0.416 e. The number of hydrogen-bond donors (Lipinski definition) is 2. The van der Waals surface area contributed by atoms with Gasteiger partial charge >= 0.3 is 6.18 Å². The average Bonchev–Trinajstić information content (AvgIpc) is 2.87. The molecule has 39 heavy (non-hydrogen) atoms. The fraction of sp³-hybridized carbons (Fsp3) is 0.296. The maximum atomic E-state index is 13.4. The Morgan fingerprint density at radius 2 is 1.64 bits per heavy atom. The van der Waals surface area contributed by atoms with E-state index in [2.05, 4.69) is 15.6 Å². The minimum Gasteiger partial charge on any atom is -0.386 e. The van der Waals surface area contributed by atoms with E-state index in [-0.39, 0.29) is 23.4 Å². The summed E-state index contributed by atoms with van der Waals surface area (Å²) >= 11 is 1.62. The number of alkyl halides is 3. The number of carbonyl (C=O) groups excluding carboxylic acids is 2. The van der Waals surface area contributed by atoms with Crippen molar-refractivity contribution in [1.29, 1.82) is 0 Å². The van der Waals surface area contributed by atoms with Crippen LogP contribution in [0.15, 0.2) is 53.6 Å². The quantitative estimate of drug-likeness (QED) is 0.132. The number of nitrogens with zero attached hydrogens (tertiary/aromatic N) is 1. The lowest BCUT2D eigenvalue weighted by Crippen LogP contribution is -2.24. The molecule has 1 heterocycles. The summed E-state index contributed by atoms with van der Waals surface area (Å²) in [4.78, 5) is 28.6. The first-order valence-corrected chi connectivity index (χ1v) is 12.6. The van der Waals surface area contributed by atoms with Gasteiger partial charge < -0.3 is 15.4 Å². The molecule has 0 spiro atoms. The van der Waals surface area contributed by atoms with E-state index in [0.29, 0.717) is 18.0 Å². The van der Waals surface area contributed by atoms with Crippen molar-refractivity contribution in [3.63, 3.8) is 0 Å². The number of benzene rings is 2. The highest BCUT2D eigenvalue weighted by atomic mass is 32.2. The minimum absolute atomic E-state index is 0.0148. The molecule has 5 nitrogen and oxygen atoms in total. The van der Waals surface area contributed by atoms with Crippen molar-refractivity contribution in [3.8, 4) is 0 Å². The summed E-state index contributed by atoms with van der Waals surface area (Å²) < 4.78 is 77.5. The SMILES string of the molecule is CCSc1ccc(CC(=O)Nc2ccc(C(C)(C)C=O)c(C(F)(F)F)c2)nc1.CNc1cc(F)c(F)cc1F. The molecule has 1 amide bonds. The van der Waals surface area contributed by atoms with Crippen molar-refractivity contribution in [2.24, 2.45) is 0 Å². The Hall–Kier alpha value is -3.54. The van der Waals surface area contributed by atoms with Crippen LogP contribution in [0, 0.1) is 17.5 Å². The van der Waals surface area contributed by atoms with Crippen LogP contribution in [0.25, 0.3) is 0 Å². The topological polar surface area (TPSA) is 71.1 Å². The first kappa shape index (κ1) is 31.7. The Morgan fingerprint density at radius 1 is 0.974 bits per heavy atom. The van der Waals surface area contributed by atoms with Gasteiger partial charge in [0.25, 0.3) is 0 Å². The Balaban J connectivity index is 0.000000404. The van der Waals surface area contributed by atoms with Crippen LogP contribution in [0.5, 0.6) is 0 Å². The number of carbonyl (C=O) groups is 2. The molecule has 0 fully saturated rings. The van der Waals surface area contributed by atoms with Gasteiger partial charge in [0.05, 0.1) is 17.7 Å². The molecule has 0 atom stereocenters. The second-order valence-electron chi connectivity index (χ2n) is 8.74. The average molecular weight is 572 g/mol. The lowest BCUT2D eigenvalue weighted by molar-refractivity contribution is -0.138. The van der Waals surface area contributed by atoms with Crippen LogP contribution in [0.2, 0.25) is 0 Å². The molecule has 0 saturated heterocycles. The van der Waals surface area contributed by atoms with Gasteiger partial charge in [0.15, 0.2) is 11.6 Å². The number of aromatic nitrogens is 1. The maximum absolute atomic E-state index is 13.4. The molecule has 0 aliphatic heterocycles. The van der Waals surface area contributed by atoms with Crippen LogP contribution in [-0.2, 0) is 27.6 Å². The maximum Gasteiger partial charge on any atom is 0.416 e. The monoisotopic (exact) mass is 571 g/mol. The van der Waals surface area contributed by atoms with Crippen LogP contribution in [0.1, 0.15) is 37.6 Å². The molecule has 12 heteroatoms. The molecular formula is C27H27F6N3O2S. The lowest BCUT2D eigenvalue weighted by Gasteiger charge is -2.23. The highest BCUT2D eigenvalue weighted by Gasteiger charge is 2.38. The van der Waals surface area contributed by atoms with Gasteiger partial charge in [-0.15, -0.1) is 11.8 Å². The highest BCUT2D eigenvalue weighted by molar-refractivity contribution is 7.99. The summed E-state index contributed by atoms with van der Waals surface area (Å²) in [7, 11) is 1.43. The summed E-state index contributed by atoms with van der Waals surface area (Å²) in [5.41, 5.74) is -1.90. The van der Waals surface area contributed by atoms with Crippen LogP contribution in [-0.4, -0.2) is 30.0 Å². The molecule has 0 saturated carbocycles. The Morgan fingerprint density at radius 3 is 2.18 bits per heavy atom. The molecule has 2 N–H and O–H groups in total. The summed E-state index contributed by atoms with van der Waals surface area (Å²) in [6.07, 6.45) is -2.57. The van der Waals surface area contributed by atoms with E-state index < -0.39 is 40.5 Å². The zero-order chi connectivity index (χ0) is 29.4. The second kappa shape index (κ2) is 13.5. The van der Waals surface area contributed by atoms with Crippen LogP contribution >= 0.6 is 11.8 Å². The van der Waals surface area contributed by atoms with Gasteiger partial charge in [-0.1, -0.05) is 13.0 Å². The normalized spacial score (nSPS) is 11.3. The van der Waals surface area contributed by atoms with E-state index in [0.717, 1.165) is 22.8 Å². The molecule has 0 aliphatic carbocycles. The van der Waals surface area contributed by atoms with Gasteiger partial charge in [-0.2, -0.15) is 13.2 Å². The van der Waals surface area contributed by atoms with E-state index >= 15 is 0 Å². The van der Waals surface area contributed by atoms with Crippen LogP contribution in [0.3, 0.4) is 0 Å². The number of rotatable bonds is 8. The fourth-order valence-electron chi connectivity index (χ4n) is 3.33. The Bertz CT molecular complexity index is 1300. The first-order valence-electron chi connectivity index (χ1n) is 11.6. The number of halogens is 6. The predicted molar refractivity (Wildman–Crippen MR) is 139 cm³/mol. The molecular weight excluding hydrogens is 544 g/mol. The van der Waals surface area contributed by atoms with Crippen LogP contribution < -0.4 is 10.6 Å². The Labute approximate surface area is 226 Å². The third-order valence-corrected chi connectivity index (χ3v) is 6.19. The number of nitrogens with one attached hydrogen (secondary N) is 2. The number of aldehydes is 1. The molecule has 0 aliphatic rings. The number of pyridine rings is 1. The summed E-state index contributed by atoms with van der Waals surface area (Å²) in [6.45, 7) is 4.84. The van der Waals surface area contributed by atoms with Crippen molar-refractivity contribution in [2.75, 3.05) is 23.4 Å². The molecule has 1 aromatic heterocycles. The molecule has 210 valence electrons. The second-order valence-corrected chi connectivity index (χ2v) is 10.1.